The molecule has 0 amide bonds. The number of rotatable bonds is 10. The van der Waals surface area contributed by atoms with E-state index < -0.39 is 23.4 Å². The van der Waals surface area contributed by atoms with Crippen LogP contribution in [-0.4, -0.2) is 73.9 Å². The molecule has 2 saturated heterocycles. The van der Waals surface area contributed by atoms with Gasteiger partial charge in [0, 0.05) is 37.5 Å². The zero-order chi connectivity index (χ0) is 30.8. The van der Waals surface area contributed by atoms with Crippen molar-refractivity contribution in [2.75, 3.05) is 20.3 Å². The predicted octanol–water partition coefficient (Wildman–Crippen LogP) is 4.23. The van der Waals surface area contributed by atoms with Crippen LogP contribution in [-0.2, 0) is 29.2 Å². The molecule has 11 nitrogen and oxygen atoms in total. The number of aromatic nitrogens is 5. The third kappa shape index (κ3) is 6.45. The number of methoxy groups -OCH3 is 1. The number of imidazole rings is 1. The number of pyridine rings is 1. The Balaban J connectivity index is 1.11. The van der Waals surface area contributed by atoms with E-state index in [0.29, 0.717) is 62.4 Å². The zero-order valence-electron chi connectivity index (χ0n) is 24.2. The van der Waals surface area contributed by atoms with Crippen molar-refractivity contribution in [1.82, 2.24) is 29.4 Å². The third-order valence-corrected chi connectivity index (χ3v) is 7.88. The van der Waals surface area contributed by atoms with Crippen molar-refractivity contribution >= 4 is 17.0 Å². The Hall–Kier alpha value is -4.30. The Kier molecular flexibility index (Phi) is 8.62. The first-order valence-electron chi connectivity index (χ1n) is 14.3. The molecule has 2 aliphatic rings. The Labute approximate surface area is 250 Å². The van der Waals surface area contributed by atoms with Crippen molar-refractivity contribution in [3.8, 4) is 11.8 Å². The summed E-state index contributed by atoms with van der Waals surface area (Å²) in [5.74, 6) is -1.94. The molecule has 0 spiro atoms. The molecule has 0 aliphatic carbocycles. The summed E-state index contributed by atoms with van der Waals surface area (Å²) in [5, 5.41) is 0. The number of hydrogen-bond acceptors (Lipinski definition) is 10. The van der Waals surface area contributed by atoms with Crippen LogP contribution >= 0.6 is 0 Å². The average molecular weight is 613 g/mol. The number of halogens is 3. The van der Waals surface area contributed by atoms with Crippen molar-refractivity contribution < 1.29 is 36.9 Å². The number of benzene rings is 1. The van der Waals surface area contributed by atoms with Gasteiger partial charge in [-0.15, -0.1) is 0 Å². The fourth-order valence-electron chi connectivity index (χ4n) is 5.45. The maximum absolute atomic E-state index is 15.1. The van der Waals surface area contributed by atoms with Crippen LogP contribution in [0.4, 0.5) is 13.2 Å². The Bertz CT molecular complexity index is 1670. The lowest BCUT2D eigenvalue weighted by molar-refractivity contribution is -0.0593. The minimum Gasteiger partial charge on any atom is -0.474 e. The molecule has 4 aromatic rings. The molecule has 44 heavy (non-hydrogen) atoms. The summed E-state index contributed by atoms with van der Waals surface area (Å²) in [6.45, 7) is 4.29. The highest BCUT2D eigenvalue weighted by atomic mass is 19.1. The normalized spacial score (nSPS) is 20.3. The van der Waals surface area contributed by atoms with Crippen molar-refractivity contribution in [3.05, 3.63) is 71.3 Å². The molecule has 232 valence electrons. The van der Waals surface area contributed by atoms with E-state index in [1.807, 2.05) is 4.57 Å². The van der Waals surface area contributed by atoms with Gasteiger partial charge in [-0.2, -0.15) is 4.98 Å². The molecule has 6 rings (SSSR count). The molecule has 5 heterocycles. The molecule has 0 N–H and O–H groups in total. The summed E-state index contributed by atoms with van der Waals surface area (Å²) < 4.78 is 65.9. The SMILES string of the molecule is COC(=O)c1cc(F)c2nc(CN3CC[C@H](Oc4ccnc(COc5ncc(F)cc5F)n4)C[C@@H]3C)n(C[C@@H]3CCO3)c2c1. The Morgan fingerprint density at radius 2 is 1.95 bits per heavy atom. The Morgan fingerprint density at radius 1 is 1.11 bits per heavy atom. The van der Waals surface area contributed by atoms with Crippen LogP contribution < -0.4 is 9.47 Å². The van der Waals surface area contributed by atoms with E-state index in [9.17, 15) is 13.6 Å². The number of ether oxygens (including phenoxy) is 4. The van der Waals surface area contributed by atoms with Crippen molar-refractivity contribution in [3.63, 3.8) is 0 Å². The van der Waals surface area contributed by atoms with Gasteiger partial charge in [-0.25, -0.2) is 32.9 Å². The van der Waals surface area contributed by atoms with E-state index in [0.717, 1.165) is 18.7 Å². The van der Waals surface area contributed by atoms with Crippen LogP contribution in [0.2, 0.25) is 0 Å². The van der Waals surface area contributed by atoms with Gasteiger partial charge in [0.1, 0.15) is 29.9 Å². The van der Waals surface area contributed by atoms with E-state index >= 15 is 4.39 Å². The quantitative estimate of drug-likeness (QED) is 0.241. The molecule has 0 unspecified atom stereocenters. The second kappa shape index (κ2) is 12.7. The number of nitrogens with zero attached hydrogens (tertiary/aromatic N) is 6. The minimum absolute atomic E-state index is 0.00156. The summed E-state index contributed by atoms with van der Waals surface area (Å²) in [7, 11) is 1.26. The predicted molar refractivity (Wildman–Crippen MR) is 149 cm³/mol. The Morgan fingerprint density at radius 3 is 2.68 bits per heavy atom. The van der Waals surface area contributed by atoms with E-state index in [4.69, 9.17) is 18.9 Å². The molecule has 0 bridgehead atoms. The number of carbonyl (C=O) groups excluding carboxylic acids is 1. The first-order chi connectivity index (χ1) is 21.3. The molecule has 3 aromatic heterocycles. The van der Waals surface area contributed by atoms with Crippen LogP contribution in [0.15, 0.2) is 36.7 Å². The zero-order valence-corrected chi connectivity index (χ0v) is 24.2. The average Bonchev–Trinajstić information content (AvgIpc) is 3.33. The number of hydrogen-bond donors (Lipinski definition) is 0. The molecule has 0 radical (unpaired) electrons. The van der Waals surface area contributed by atoms with Gasteiger partial charge in [0.15, 0.2) is 17.5 Å². The molecule has 1 aromatic carbocycles. The van der Waals surface area contributed by atoms with Gasteiger partial charge in [-0.05, 0) is 38.3 Å². The van der Waals surface area contributed by atoms with Crippen LogP contribution in [0.5, 0.6) is 11.8 Å². The highest BCUT2D eigenvalue weighted by Crippen LogP contribution is 2.28. The van der Waals surface area contributed by atoms with Crippen LogP contribution in [0.1, 0.15) is 48.2 Å². The fourth-order valence-corrected chi connectivity index (χ4v) is 5.45. The van der Waals surface area contributed by atoms with Gasteiger partial charge in [0.2, 0.25) is 5.88 Å². The summed E-state index contributed by atoms with van der Waals surface area (Å²) in [4.78, 5) is 31.2. The summed E-state index contributed by atoms with van der Waals surface area (Å²) in [6.07, 6.45) is 4.57. The summed E-state index contributed by atoms with van der Waals surface area (Å²) in [6, 6.07) is 5.21. The molecule has 2 fully saturated rings. The lowest BCUT2D eigenvalue weighted by Gasteiger charge is -2.37. The van der Waals surface area contributed by atoms with Gasteiger partial charge in [0.25, 0.3) is 5.88 Å². The van der Waals surface area contributed by atoms with Crippen LogP contribution in [0.25, 0.3) is 11.0 Å². The topological polar surface area (TPSA) is 114 Å². The van der Waals surface area contributed by atoms with Gasteiger partial charge in [-0.1, -0.05) is 0 Å². The second-order valence-electron chi connectivity index (χ2n) is 10.9. The minimum atomic E-state index is -0.916. The first-order valence-corrected chi connectivity index (χ1v) is 14.3. The van der Waals surface area contributed by atoms with Crippen LogP contribution in [0, 0.1) is 17.5 Å². The van der Waals surface area contributed by atoms with E-state index in [2.05, 4.69) is 31.8 Å². The maximum atomic E-state index is 15.1. The first kappa shape index (κ1) is 29.8. The summed E-state index contributed by atoms with van der Waals surface area (Å²) in [5.41, 5.74) is 0.868. The van der Waals surface area contributed by atoms with Crippen molar-refractivity contribution in [1.29, 1.82) is 0 Å². The van der Waals surface area contributed by atoms with Crippen molar-refractivity contribution in [2.45, 2.75) is 64.1 Å². The van der Waals surface area contributed by atoms with Crippen LogP contribution in [0.3, 0.4) is 0 Å². The number of esters is 1. The van der Waals surface area contributed by atoms with Crippen molar-refractivity contribution in [2.24, 2.45) is 0 Å². The monoisotopic (exact) mass is 612 g/mol. The molecule has 0 saturated carbocycles. The molecule has 14 heteroatoms. The molecular formula is C30H31F3N6O5. The number of likely N-dealkylation sites (tertiary alicyclic amines) is 1. The molecule has 2 aliphatic heterocycles. The van der Waals surface area contributed by atoms with E-state index in [-0.39, 0.29) is 47.6 Å². The third-order valence-electron chi connectivity index (χ3n) is 7.88. The molecule has 3 atom stereocenters. The number of piperidine rings is 1. The fraction of sp³-hybridized carbons (Fsp3) is 0.433. The number of carbonyl (C=O) groups is 1. The number of fused-ring (bicyclic) bond motifs is 1. The highest BCUT2D eigenvalue weighted by Gasteiger charge is 2.30. The molecular weight excluding hydrogens is 581 g/mol. The van der Waals surface area contributed by atoms with E-state index in [1.54, 1.807) is 12.1 Å². The van der Waals surface area contributed by atoms with E-state index in [1.165, 1.54) is 13.3 Å². The largest absolute Gasteiger partial charge is 0.474 e. The lowest BCUT2D eigenvalue weighted by atomic mass is 10.0. The van der Waals surface area contributed by atoms with Gasteiger partial charge >= 0.3 is 5.97 Å². The second-order valence-corrected chi connectivity index (χ2v) is 10.9. The van der Waals surface area contributed by atoms with Gasteiger partial charge in [0.05, 0.1) is 43.6 Å². The smallest absolute Gasteiger partial charge is 0.338 e. The highest BCUT2D eigenvalue weighted by molar-refractivity contribution is 5.94. The standard InChI is InChI=1S/C30H31F3N6O5/c1-17-9-20(44-27-3-6-34-25(36-27)16-43-29-23(33)12-19(31)13-35-29)4-7-38(17)15-26-37-28-22(32)10-18(30(40)41-2)11-24(28)39(26)14-21-5-8-42-21/h3,6,10-13,17,20-21H,4-5,7-9,14-16H2,1-2H3/t17-,20-,21-/m0/s1. The van der Waals surface area contributed by atoms with Gasteiger partial charge < -0.3 is 23.5 Å². The van der Waals surface area contributed by atoms with Gasteiger partial charge in [-0.3, -0.25) is 4.90 Å². The summed E-state index contributed by atoms with van der Waals surface area (Å²) >= 11 is 0. The maximum Gasteiger partial charge on any atom is 0.338 e. The lowest BCUT2D eigenvalue weighted by Crippen LogP contribution is -2.44.